The number of hydrogen-bond acceptors (Lipinski definition) is 3. The average Bonchev–Trinajstić information content (AvgIpc) is 3.10. The third kappa shape index (κ3) is 2.92. The molecule has 0 bridgehead atoms. The maximum atomic E-state index is 11.8. The highest BCUT2D eigenvalue weighted by Crippen LogP contribution is 2.32. The van der Waals surface area contributed by atoms with Crippen molar-refractivity contribution in [3.8, 4) is 0 Å². The van der Waals surface area contributed by atoms with E-state index in [-0.39, 0.29) is 18.1 Å². The Hall–Kier alpha value is -0.610. The van der Waals surface area contributed by atoms with Crippen LogP contribution in [0.2, 0.25) is 0 Å². The minimum absolute atomic E-state index is 0.0389. The second-order valence-electron chi connectivity index (χ2n) is 4.54. The first-order valence-electron chi connectivity index (χ1n) is 5.93. The molecule has 2 aliphatic rings. The van der Waals surface area contributed by atoms with E-state index in [4.69, 9.17) is 10.5 Å². The van der Waals surface area contributed by atoms with Crippen LogP contribution in [-0.4, -0.2) is 31.2 Å². The molecule has 2 rings (SSSR count). The van der Waals surface area contributed by atoms with Crippen molar-refractivity contribution in [1.82, 2.24) is 5.32 Å². The van der Waals surface area contributed by atoms with Gasteiger partial charge in [-0.05, 0) is 38.0 Å². The van der Waals surface area contributed by atoms with Gasteiger partial charge in [-0.2, -0.15) is 0 Å². The lowest BCUT2D eigenvalue weighted by Crippen LogP contribution is -2.47. The van der Waals surface area contributed by atoms with Gasteiger partial charge in [0.15, 0.2) is 0 Å². The van der Waals surface area contributed by atoms with E-state index in [1.807, 2.05) is 0 Å². The highest BCUT2D eigenvalue weighted by molar-refractivity contribution is 5.81. The fourth-order valence-corrected chi connectivity index (χ4v) is 2.09. The van der Waals surface area contributed by atoms with Crippen LogP contribution in [0.25, 0.3) is 0 Å². The normalized spacial score (nSPS) is 28.5. The van der Waals surface area contributed by atoms with Crippen LogP contribution in [0.15, 0.2) is 0 Å². The Bertz CT molecular complexity index is 223. The summed E-state index contributed by atoms with van der Waals surface area (Å²) in [7, 11) is 0. The second-order valence-corrected chi connectivity index (χ2v) is 4.54. The van der Waals surface area contributed by atoms with Crippen molar-refractivity contribution >= 4 is 5.91 Å². The lowest BCUT2D eigenvalue weighted by molar-refractivity contribution is -0.136. The Labute approximate surface area is 90.5 Å². The molecule has 4 heteroatoms. The van der Waals surface area contributed by atoms with Crippen molar-refractivity contribution < 1.29 is 9.53 Å². The van der Waals surface area contributed by atoms with Gasteiger partial charge in [-0.1, -0.05) is 0 Å². The minimum Gasteiger partial charge on any atom is -0.368 e. The zero-order valence-electron chi connectivity index (χ0n) is 9.08. The largest absolute Gasteiger partial charge is 0.368 e. The van der Waals surface area contributed by atoms with Crippen molar-refractivity contribution in [2.24, 2.45) is 11.7 Å². The van der Waals surface area contributed by atoms with Gasteiger partial charge >= 0.3 is 0 Å². The summed E-state index contributed by atoms with van der Waals surface area (Å²) in [6, 6.07) is 0.169. The molecule has 1 aliphatic carbocycles. The number of amides is 1. The van der Waals surface area contributed by atoms with Gasteiger partial charge in [0.05, 0.1) is 0 Å². The lowest BCUT2D eigenvalue weighted by Gasteiger charge is -2.24. The van der Waals surface area contributed by atoms with E-state index in [9.17, 15) is 4.79 Å². The second kappa shape index (κ2) is 4.94. The molecule has 1 saturated carbocycles. The van der Waals surface area contributed by atoms with E-state index in [0.717, 1.165) is 25.9 Å². The summed E-state index contributed by atoms with van der Waals surface area (Å²) in [5, 5.41) is 3.01. The van der Waals surface area contributed by atoms with E-state index < -0.39 is 0 Å². The molecular weight excluding hydrogens is 192 g/mol. The smallest absolute Gasteiger partial charge is 0.249 e. The Kier molecular flexibility index (Phi) is 3.59. The third-order valence-electron chi connectivity index (χ3n) is 3.24. The molecule has 15 heavy (non-hydrogen) atoms. The summed E-state index contributed by atoms with van der Waals surface area (Å²) < 4.78 is 5.43. The van der Waals surface area contributed by atoms with Gasteiger partial charge in [0.1, 0.15) is 6.10 Å². The average molecular weight is 212 g/mol. The fraction of sp³-hybridized carbons (Fsp3) is 0.909. The number of rotatable bonds is 4. The number of ether oxygens (including phenoxy) is 1. The molecule has 2 unspecified atom stereocenters. The number of nitrogens with one attached hydrogen (secondary N) is 1. The molecule has 0 aromatic heterocycles. The van der Waals surface area contributed by atoms with Gasteiger partial charge in [-0.15, -0.1) is 0 Å². The molecular formula is C11H20N2O2. The van der Waals surface area contributed by atoms with Crippen LogP contribution in [0.1, 0.15) is 32.1 Å². The van der Waals surface area contributed by atoms with E-state index in [1.165, 1.54) is 12.8 Å². The van der Waals surface area contributed by atoms with Crippen molar-refractivity contribution in [2.45, 2.75) is 44.2 Å². The molecule has 0 aromatic rings. The number of carbonyl (C=O) groups is 1. The van der Waals surface area contributed by atoms with E-state index in [2.05, 4.69) is 5.32 Å². The lowest BCUT2D eigenvalue weighted by atomic mass is 10.1. The molecule has 2 fully saturated rings. The van der Waals surface area contributed by atoms with Crippen LogP contribution in [-0.2, 0) is 9.53 Å². The SMILES string of the molecule is NCC(NC(=O)C1CCCCO1)C1CC1. The first kappa shape index (κ1) is 10.9. The van der Waals surface area contributed by atoms with E-state index >= 15 is 0 Å². The summed E-state index contributed by atoms with van der Waals surface area (Å²) >= 11 is 0. The first-order valence-corrected chi connectivity index (χ1v) is 5.93. The van der Waals surface area contributed by atoms with Gasteiger partial charge in [-0.3, -0.25) is 4.79 Å². The van der Waals surface area contributed by atoms with Crippen molar-refractivity contribution in [1.29, 1.82) is 0 Å². The molecule has 0 aromatic carbocycles. The van der Waals surface area contributed by atoms with Gasteiger partial charge in [0.2, 0.25) is 5.91 Å². The Morgan fingerprint density at radius 3 is 2.73 bits per heavy atom. The van der Waals surface area contributed by atoms with Crippen molar-refractivity contribution in [3.63, 3.8) is 0 Å². The molecule has 86 valence electrons. The first-order chi connectivity index (χ1) is 7.31. The summed E-state index contributed by atoms with van der Waals surface area (Å²) in [6.07, 6.45) is 5.20. The molecule has 1 amide bonds. The number of carbonyl (C=O) groups excluding carboxylic acids is 1. The number of nitrogens with two attached hydrogens (primary N) is 1. The van der Waals surface area contributed by atoms with Crippen LogP contribution >= 0.6 is 0 Å². The monoisotopic (exact) mass is 212 g/mol. The molecule has 0 spiro atoms. The molecule has 1 heterocycles. The van der Waals surface area contributed by atoms with Gasteiger partial charge < -0.3 is 15.8 Å². The molecule has 0 radical (unpaired) electrons. The third-order valence-corrected chi connectivity index (χ3v) is 3.24. The molecule has 3 N–H and O–H groups in total. The van der Waals surface area contributed by atoms with Gasteiger partial charge in [-0.25, -0.2) is 0 Å². The van der Waals surface area contributed by atoms with Crippen LogP contribution in [0.5, 0.6) is 0 Å². The summed E-state index contributed by atoms with van der Waals surface area (Å²) in [6.45, 7) is 1.26. The Morgan fingerprint density at radius 1 is 1.40 bits per heavy atom. The van der Waals surface area contributed by atoms with Crippen molar-refractivity contribution in [3.05, 3.63) is 0 Å². The van der Waals surface area contributed by atoms with Gasteiger partial charge in [0, 0.05) is 19.2 Å². The molecule has 4 nitrogen and oxygen atoms in total. The summed E-state index contributed by atoms with van der Waals surface area (Å²) in [5.41, 5.74) is 5.64. The maximum Gasteiger partial charge on any atom is 0.249 e. The molecule has 1 saturated heterocycles. The zero-order chi connectivity index (χ0) is 10.7. The highest BCUT2D eigenvalue weighted by Gasteiger charge is 2.33. The van der Waals surface area contributed by atoms with Crippen molar-refractivity contribution in [2.75, 3.05) is 13.2 Å². The van der Waals surface area contributed by atoms with Crippen LogP contribution in [0.4, 0.5) is 0 Å². The number of hydrogen-bond donors (Lipinski definition) is 2. The Morgan fingerprint density at radius 2 is 2.20 bits per heavy atom. The molecule has 1 aliphatic heterocycles. The van der Waals surface area contributed by atoms with Crippen LogP contribution in [0, 0.1) is 5.92 Å². The van der Waals surface area contributed by atoms with Crippen LogP contribution < -0.4 is 11.1 Å². The summed E-state index contributed by atoms with van der Waals surface area (Å²) in [4.78, 5) is 11.8. The highest BCUT2D eigenvalue weighted by atomic mass is 16.5. The van der Waals surface area contributed by atoms with Gasteiger partial charge in [0.25, 0.3) is 0 Å². The predicted octanol–water partition coefficient (Wildman–Crippen LogP) is 0.409. The summed E-state index contributed by atoms with van der Waals surface area (Å²) in [5.74, 6) is 0.652. The standard InChI is InChI=1S/C11H20N2O2/c12-7-9(8-4-5-8)13-11(14)10-3-1-2-6-15-10/h8-10H,1-7,12H2,(H,13,14). The minimum atomic E-state index is -0.230. The zero-order valence-corrected chi connectivity index (χ0v) is 9.08. The van der Waals surface area contributed by atoms with Crippen LogP contribution in [0.3, 0.4) is 0 Å². The predicted molar refractivity (Wildman–Crippen MR) is 57.3 cm³/mol. The quantitative estimate of drug-likeness (QED) is 0.709. The maximum absolute atomic E-state index is 11.8. The molecule has 2 atom stereocenters. The van der Waals surface area contributed by atoms with E-state index in [1.54, 1.807) is 0 Å². The topological polar surface area (TPSA) is 64.3 Å². The Balaban J connectivity index is 1.78. The van der Waals surface area contributed by atoms with E-state index in [0.29, 0.717) is 12.5 Å². The fourth-order valence-electron chi connectivity index (χ4n) is 2.09.